The Morgan fingerprint density at radius 2 is 2.33 bits per heavy atom. The number of ether oxygens (including phenoxy) is 1. The molecule has 0 saturated carbocycles. The zero-order valence-electron chi connectivity index (χ0n) is 11.2. The van der Waals surface area contributed by atoms with Crippen LogP contribution in [0.1, 0.15) is 25.7 Å². The fourth-order valence-corrected chi connectivity index (χ4v) is 2.12. The number of aromatic nitrogens is 2. The summed E-state index contributed by atoms with van der Waals surface area (Å²) in [6.07, 6.45) is 2.36. The van der Waals surface area contributed by atoms with Gasteiger partial charge in [0.2, 0.25) is 5.89 Å². The van der Waals surface area contributed by atoms with E-state index in [2.05, 4.69) is 15.5 Å². The van der Waals surface area contributed by atoms with Crippen molar-refractivity contribution in [1.29, 1.82) is 0 Å². The third kappa shape index (κ3) is 3.68. The fourth-order valence-electron chi connectivity index (χ4n) is 2.12. The van der Waals surface area contributed by atoms with E-state index in [9.17, 15) is 0 Å². The van der Waals surface area contributed by atoms with Gasteiger partial charge in [-0.3, -0.25) is 0 Å². The van der Waals surface area contributed by atoms with Crippen molar-refractivity contribution in [2.75, 3.05) is 38.3 Å². The van der Waals surface area contributed by atoms with E-state index in [1.165, 1.54) is 6.42 Å². The minimum atomic E-state index is 0.563. The van der Waals surface area contributed by atoms with Crippen LogP contribution in [0.3, 0.4) is 0 Å². The highest BCUT2D eigenvalue weighted by Crippen LogP contribution is 2.18. The molecule has 1 aromatic heterocycles. The average Bonchev–Trinajstić information content (AvgIpc) is 2.86. The summed E-state index contributed by atoms with van der Waals surface area (Å²) >= 11 is 0. The molecule has 1 aliphatic heterocycles. The molecular formula is C12H22N4O2. The quantitative estimate of drug-likeness (QED) is 0.818. The molecule has 0 aromatic carbocycles. The number of hydrogen-bond donors (Lipinski definition) is 1. The summed E-state index contributed by atoms with van der Waals surface area (Å²) in [4.78, 5) is 2.02. The van der Waals surface area contributed by atoms with Crippen LogP contribution >= 0.6 is 0 Å². The van der Waals surface area contributed by atoms with E-state index < -0.39 is 0 Å². The Hall–Kier alpha value is -1.14. The lowest BCUT2D eigenvalue weighted by atomic mass is 10.0. The van der Waals surface area contributed by atoms with E-state index in [1.807, 2.05) is 18.9 Å². The summed E-state index contributed by atoms with van der Waals surface area (Å²) in [6, 6.07) is 0.591. The lowest BCUT2D eigenvalue weighted by Gasteiger charge is -2.25. The summed E-state index contributed by atoms with van der Waals surface area (Å²) in [6.45, 7) is 6.21. The van der Waals surface area contributed by atoms with Crippen LogP contribution in [-0.2, 0) is 11.3 Å². The second-order valence-electron chi connectivity index (χ2n) is 4.72. The Morgan fingerprint density at radius 1 is 1.44 bits per heavy atom. The molecule has 0 radical (unpaired) electrons. The number of nitrogens with zero attached hydrogens (tertiary/aromatic N) is 3. The maximum atomic E-state index is 5.59. The molecule has 6 heteroatoms. The highest BCUT2D eigenvalue weighted by atomic mass is 16.5. The van der Waals surface area contributed by atoms with Crippen LogP contribution < -0.4 is 10.2 Å². The zero-order chi connectivity index (χ0) is 12.8. The van der Waals surface area contributed by atoms with Crippen molar-refractivity contribution in [2.45, 2.75) is 26.3 Å². The third-order valence-corrected chi connectivity index (χ3v) is 3.10. The number of hydrogen-bond acceptors (Lipinski definition) is 6. The van der Waals surface area contributed by atoms with Gasteiger partial charge in [0.05, 0.1) is 13.2 Å². The number of anilines is 1. The molecule has 1 saturated heterocycles. The maximum absolute atomic E-state index is 5.59. The highest BCUT2D eigenvalue weighted by Gasteiger charge is 2.18. The number of rotatable bonds is 6. The van der Waals surface area contributed by atoms with Crippen molar-refractivity contribution in [3.8, 4) is 0 Å². The SMILES string of the molecule is CCNCc1nnc(N(C)CC2CCCOC2)o1. The van der Waals surface area contributed by atoms with Crippen molar-refractivity contribution < 1.29 is 9.15 Å². The summed E-state index contributed by atoms with van der Waals surface area (Å²) in [7, 11) is 1.99. The van der Waals surface area contributed by atoms with E-state index in [4.69, 9.17) is 9.15 Å². The topological polar surface area (TPSA) is 63.4 Å². The van der Waals surface area contributed by atoms with Crippen molar-refractivity contribution in [3.05, 3.63) is 5.89 Å². The summed E-state index contributed by atoms with van der Waals surface area (Å²) in [5.41, 5.74) is 0. The predicted molar refractivity (Wildman–Crippen MR) is 68.5 cm³/mol. The van der Waals surface area contributed by atoms with Gasteiger partial charge < -0.3 is 19.4 Å². The van der Waals surface area contributed by atoms with Crippen molar-refractivity contribution in [1.82, 2.24) is 15.5 Å². The molecule has 1 aromatic rings. The fraction of sp³-hybridized carbons (Fsp3) is 0.833. The zero-order valence-corrected chi connectivity index (χ0v) is 11.2. The Balaban J connectivity index is 1.83. The van der Waals surface area contributed by atoms with Gasteiger partial charge in [0.15, 0.2) is 0 Å². The van der Waals surface area contributed by atoms with Crippen LogP contribution in [-0.4, -0.2) is 43.5 Å². The molecule has 0 aliphatic carbocycles. The van der Waals surface area contributed by atoms with Crippen molar-refractivity contribution >= 4 is 6.01 Å². The summed E-state index contributed by atoms with van der Waals surface area (Å²) in [5.74, 6) is 1.20. The first-order valence-corrected chi connectivity index (χ1v) is 6.61. The smallest absolute Gasteiger partial charge is 0.317 e. The second-order valence-corrected chi connectivity index (χ2v) is 4.72. The van der Waals surface area contributed by atoms with E-state index in [1.54, 1.807) is 0 Å². The first kappa shape index (κ1) is 13.3. The van der Waals surface area contributed by atoms with Crippen LogP contribution in [0.4, 0.5) is 6.01 Å². The molecule has 0 bridgehead atoms. The van der Waals surface area contributed by atoms with Gasteiger partial charge in [0, 0.05) is 26.1 Å². The van der Waals surface area contributed by atoms with E-state index >= 15 is 0 Å². The monoisotopic (exact) mass is 254 g/mol. The Kier molecular flexibility index (Phi) is 4.95. The molecule has 0 spiro atoms. The van der Waals surface area contributed by atoms with Crippen LogP contribution in [0.15, 0.2) is 4.42 Å². The van der Waals surface area contributed by atoms with Gasteiger partial charge in [-0.05, 0) is 19.4 Å². The molecule has 2 heterocycles. The molecule has 1 N–H and O–H groups in total. The van der Waals surface area contributed by atoms with Gasteiger partial charge in [-0.1, -0.05) is 12.0 Å². The van der Waals surface area contributed by atoms with Gasteiger partial charge >= 0.3 is 6.01 Å². The molecule has 1 unspecified atom stereocenters. The van der Waals surface area contributed by atoms with Gasteiger partial charge in [-0.15, -0.1) is 5.10 Å². The standard InChI is InChI=1S/C12H22N4O2/c1-3-13-7-11-14-15-12(18-11)16(2)8-10-5-4-6-17-9-10/h10,13H,3-9H2,1-2H3. The van der Waals surface area contributed by atoms with Gasteiger partial charge in [-0.2, -0.15) is 0 Å². The molecule has 1 aliphatic rings. The second kappa shape index (κ2) is 6.70. The summed E-state index contributed by atoms with van der Waals surface area (Å²) in [5, 5.41) is 11.2. The molecule has 18 heavy (non-hydrogen) atoms. The van der Waals surface area contributed by atoms with Crippen molar-refractivity contribution in [2.24, 2.45) is 5.92 Å². The Labute approximate surface area is 108 Å². The lowest BCUT2D eigenvalue weighted by molar-refractivity contribution is 0.0573. The van der Waals surface area contributed by atoms with Gasteiger partial charge in [0.1, 0.15) is 0 Å². The molecule has 2 rings (SSSR count). The molecule has 1 fully saturated rings. The molecule has 102 valence electrons. The largest absolute Gasteiger partial charge is 0.407 e. The average molecular weight is 254 g/mol. The van der Waals surface area contributed by atoms with Crippen LogP contribution in [0.5, 0.6) is 0 Å². The lowest BCUT2D eigenvalue weighted by Crippen LogP contribution is -2.31. The van der Waals surface area contributed by atoms with E-state index in [-0.39, 0.29) is 0 Å². The normalized spacial score (nSPS) is 20.0. The van der Waals surface area contributed by atoms with E-state index in [0.29, 0.717) is 24.4 Å². The predicted octanol–water partition coefficient (Wildman–Crippen LogP) is 1.04. The molecule has 6 nitrogen and oxygen atoms in total. The first-order valence-electron chi connectivity index (χ1n) is 6.61. The van der Waals surface area contributed by atoms with Crippen LogP contribution in [0.2, 0.25) is 0 Å². The number of nitrogens with one attached hydrogen (secondary N) is 1. The minimum Gasteiger partial charge on any atom is -0.407 e. The van der Waals surface area contributed by atoms with Crippen molar-refractivity contribution in [3.63, 3.8) is 0 Å². The Bertz CT molecular complexity index is 350. The van der Waals surface area contributed by atoms with Crippen LogP contribution in [0.25, 0.3) is 0 Å². The van der Waals surface area contributed by atoms with Crippen LogP contribution in [0, 0.1) is 5.92 Å². The summed E-state index contributed by atoms with van der Waals surface area (Å²) < 4.78 is 11.1. The van der Waals surface area contributed by atoms with Gasteiger partial charge in [0.25, 0.3) is 0 Å². The third-order valence-electron chi connectivity index (χ3n) is 3.10. The minimum absolute atomic E-state index is 0.563. The first-order chi connectivity index (χ1) is 8.79. The van der Waals surface area contributed by atoms with Gasteiger partial charge in [-0.25, -0.2) is 0 Å². The molecular weight excluding hydrogens is 232 g/mol. The Morgan fingerprint density at radius 3 is 3.06 bits per heavy atom. The van der Waals surface area contributed by atoms with E-state index in [0.717, 1.165) is 32.7 Å². The molecule has 1 atom stereocenters. The molecule has 0 amide bonds. The highest BCUT2D eigenvalue weighted by molar-refractivity contribution is 5.21. The maximum Gasteiger partial charge on any atom is 0.317 e.